The van der Waals surface area contributed by atoms with Gasteiger partial charge in [-0.2, -0.15) is 0 Å². The Morgan fingerprint density at radius 3 is 2.44 bits per heavy atom. The summed E-state index contributed by atoms with van der Waals surface area (Å²) in [4.78, 5) is 11.6. The molecule has 1 rings (SSSR count). The second-order valence-corrected chi connectivity index (χ2v) is 4.77. The number of methoxy groups -OCH3 is 1. The monoisotopic (exact) mass is 252 g/mol. The number of rotatable bonds is 5. The first-order valence-electron chi connectivity index (χ1n) is 5.86. The third kappa shape index (κ3) is 2.48. The summed E-state index contributed by atoms with van der Waals surface area (Å²) >= 11 is 0. The highest BCUT2D eigenvalue weighted by atomic mass is 16.5. The van der Waals surface area contributed by atoms with E-state index in [0.717, 1.165) is 11.1 Å². The van der Waals surface area contributed by atoms with Crippen LogP contribution in [-0.2, 0) is 10.2 Å². The van der Waals surface area contributed by atoms with Crippen LogP contribution in [0.25, 0.3) is 0 Å². The highest BCUT2D eigenvalue weighted by Crippen LogP contribution is 2.38. The number of carboxylic acids is 1. The van der Waals surface area contributed by atoms with Gasteiger partial charge in [-0.05, 0) is 44.4 Å². The molecule has 1 aromatic rings. The number of carbonyl (C=O) groups is 1. The lowest BCUT2D eigenvalue weighted by Crippen LogP contribution is -2.34. The standard InChI is InChI=1S/C14H20O4/c1-9-7-10(2)12(11(8-9)18-4)14(3,5-6-15)13(16)17/h7-8,15H,5-6H2,1-4H3,(H,16,17). The average Bonchev–Trinajstić information content (AvgIpc) is 2.27. The number of ether oxygens (including phenoxy) is 1. The van der Waals surface area contributed by atoms with Crippen molar-refractivity contribution in [2.45, 2.75) is 32.6 Å². The fourth-order valence-electron chi connectivity index (χ4n) is 2.36. The van der Waals surface area contributed by atoms with E-state index in [4.69, 9.17) is 9.84 Å². The van der Waals surface area contributed by atoms with Gasteiger partial charge >= 0.3 is 5.97 Å². The van der Waals surface area contributed by atoms with E-state index in [0.29, 0.717) is 11.3 Å². The van der Waals surface area contributed by atoms with Crippen LogP contribution in [0.1, 0.15) is 30.0 Å². The molecule has 0 saturated carbocycles. The van der Waals surface area contributed by atoms with E-state index in [1.54, 1.807) is 6.92 Å². The predicted molar refractivity (Wildman–Crippen MR) is 69.2 cm³/mol. The largest absolute Gasteiger partial charge is 0.496 e. The minimum atomic E-state index is -1.14. The molecule has 0 amide bonds. The Bertz CT molecular complexity index is 453. The fraction of sp³-hybridized carbons (Fsp3) is 0.500. The number of hydrogen-bond donors (Lipinski definition) is 2. The van der Waals surface area contributed by atoms with Gasteiger partial charge in [-0.15, -0.1) is 0 Å². The van der Waals surface area contributed by atoms with E-state index in [1.807, 2.05) is 26.0 Å². The van der Waals surface area contributed by atoms with E-state index in [9.17, 15) is 9.90 Å². The molecule has 0 radical (unpaired) electrons. The smallest absolute Gasteiger partial charge is 0.314 e. The Morgan fingerprint density at radius 2 is 2.00 bits per heavy atom. The van der Waals surface area contributed by atoms with E-state index >= 15 is 0 Å². The summed E-state index contributed by atoms with van der Waals surface area (Å²) in [5, 5.41) is 18.6. The van der Waals surface area contributed by atoms with Crippen molar-refractivity contribution in [1.82, 2.24) is 0 Å². The molecule has 1 aromatic carbocycles. The average molecular weight is 252 g/mol. The van der Waals surface area contributed by atoms with Gasteiger partial charge in [-0.1, -0.05) is 6.07 Å². The summed E-state index contributed by atoms with van der Waals surface area (Å²) in [5.74, 6) is -0.396. The van der Waals surface area contributed by atoms with Gasteiger partial charge in [0.1, 0.15) is 5.75 Å². The first-order valence-corrected chi connectivity index (χ1v) is 5.86. The van der Waals surface area contributed by atoms with Gasteiger partial charge in [-0.25, -0.2) is 0 Å². The first kappa shape index (κ1) is 14.5. The van der Waals surface area contributed by atoms with Crippen molar-refractivity contribution in [2.24, 2.45) is 0 Å². The van der Waals surface area contributed by atoms with Crippen LogP contribution in [0.2, 0.25) is 0 Å². The zero-order valence-corrected chi connectivity index (χ0v) is 11.3. The number of hydrogen-bond acceptors (Lipinski definition) is 3. The highest BCUT2D eigenvalue weighted by molar-refractivity contribution is 5.82. The van der Waals surface area contributed by atoms with Crippen molar-refractivity contribution in [2.75, 3.05) is 13.7 Å². The molecule has 0 fully saturated rings. The van der Waals surface area contributed by atoms with Gasteiger partial charge in [-0.3, -0.25) is 4.79 Å². The first-order chi connectivity index (χ1) is 8.36. The molecule has 4 nitrogen and oxygen atoms in total. The van der Waals surface area contributed by atoms with Crippen LogP contribution in [-0.4, -0.2) is 29.9 Å². The second kappa shape index (κ2) is 5.40. The Hall–Kier alpha value is -1.55. The maximum atomic E-state index is 11.6. The quantitative estimate of drug-likeness (QED) is 0.841. The second-order valence-electron chi connectivity index (χ2n) is 4.77. The lowest BCUT2D eigenvalue weighted by molar-refractivity contribution is -0.143. The minimum absolute atomic E-state index is 0.155. The Morgan fingerprint density at radius 1 is 1.39 bits per heavy atom. The number of aliphatic carboxylic acids is 1. The summed E-state index contributed by atoms with van der Waals surface area (Å²) in [5.41, 5.74) is 1.38. The van der Waals surface area contributed by atoms with Crippen LogP contribution in [0, 0.1) is 13.8 Å². The van der Waals surface area contributed by atoms with Crippen LogP contribution in [0.3, 0.4) is 0 Å². The molecule has 0 bridgehead atoms. The van der Waals surface area contributed by atoms with Crippen LogP contribution in [0.5, 0.6) is 5.75 Å². The van der Waals surface area contributed by atoms with Crippen molar-refractivity contribution >= 4 is 5.97 Å². The Balaban J connectivity index is 3.50. The Kier molecular flexibility index (Phi) is 4.35. The number of aliphatic hydroxyl groups excluding tert-OH is 1. The van der Waals surface area contributed by atoms with Gasteiger partial charge in [0.25, 0.3) is 0 Å². The van der Waals surface area contributed by atoms with E-state index in [2.05, 4.69) is 0 Å². The normalized spacial score (nSPS) is 14.1. The van der Waals surface area contributed by atoms with Crippen LogP contribution in [0.15, 0.2) is 12.1 Å². The van der Waals surface area contributed by atoms with E-state index < -0.39 is 11.4 Å². The molecule has 4 heteroatoms. The van der Waals surface area contributed by atoms with Crippen molar-refractivity contribution < 1.29 is 19.7 Å². The third-order valence-corrected chi connectivity index (χ3v) is 3.30. The zero-order chi connectivity index (χ0) is 13.9. The fourth-order valence-corrected chi connectivity index (χ4v) is 2.36. The highest BCUT2D eigenvalue weighted by Gasteiger charge is 2.38. The van der Waals surface area contributed by atoms with E-state index in [1.165, 1.54) is 7.11 Å². The molecule has 0 aliphatic heterocycles. The zero-order valence-electron chi connectivity index (χ0n) is 11.3. The summed E-state index contributed by atoms with van der Waals surface area (Å²) in [6.07, 6.45) is 0.155. The topological polar surface area (TPSA) is 66.8 Å². The molecule has 0 aliphatic carbocycles. The maximum absolute atomic E-state index is 11.6. The van der Waals surface area contributed by atoms with Crippen molar-refractivity contribution in [3.8, 4) is 5.75 Å². The molecule has 0 aromatic heterocycles. The predicted octanol–water partition coefficient (Wildman–Crippen LogP) is 2.04. The molecule has 18 heavy (non-hydrogen) atoms. The van der Waals surface area contributed by atoms with Crippen LogP contribution >= 0.6 is 0 Å². The summed E-state index contributed by atoms with van der Waals surface area (Å²) in [7, 11) is 1.53. The number of benzene rings is 1. The molecular weight excluding hydrogens is 232 g/mol. The Labute approximate surface area is 107 Å². The molecule has 100 valence electrons. The van der Waals surface area contributed by atoms with Crippen molar-refractivity contribution in [3.05, 3.63) is 28.8 Å². The number of carboxylic acid groups (broad SMARTS) is 1. The van der Waals surface area contributed by atoms with Crippen molar-refractivity contribution in [1.29, 1.82) is 0 Å². The SMILES string of the molecule is COc1cc(C)cc(C)c1C(C)(CCO)C(=O)O. The molecule has 1 unspecified atom stereocenters. The summed E-state index contributed by atoms with van der Waals surface area (Å²) in [6.45, 7) is 5.23. The number of aryl methyl sites for hydroxylation is 2. The van der Waals surface area contributed by atoms with Crippen LogP contribution < -0.4 is 4.74 Å². The number of aliphatic hydroxyl groups is 1. The van der Waals surface area contributed by atoms with Crippen LogP contribution in [0.4, 0.5) is 0 Å². The summed E-state index contributed by atoms with van der Waals surface area (Å²) < 4.78 is 5.30. The molecule has 0 heterocycles. The van der Waals surface area contributed by atoms with E-state index in [-0.39, 0.29) is 13.0 Å². The van der Waals surface area contributed by atoms with Gasteiger partial charge < -0.3 is 14.9 Å². The minimum Gasteiger partial charge on any atom is -0.496 e. The molecule has 0 aliphatic rings. The molecule has 1 atom stereocenters. The van der Waals surface area contributed by atoms with Gasteiger partial charge in [0.2, 0.25) is 0 Å². The maximum Gasteiger partial charge on any atom is 0.314 e. The molecule has 0 saturated heterocycles. The lowest BCUT2D eigenvalue weighted by atomic mass is 9.76. The summed E-state index contributed by atoms with van der Waals surface area (Å²) in [6, 6.07) is 3.75. The molecule has 0 spiro atoms. The van der Waals surface area contributed by atoms with Gasteiger partial charge in [0.05, 0.1) is 12.5 Å². The molecular formula is C14H20O4. The third-order valence-electron chi connectivity index (χ3n) is 3.30. The lowest BCUT2D eigenvalue weighted by Gasteiger charge is -2.28. The molecule has 2 N–H and O–H groups in total. The van der Waals surface area contributed by atoms with Gasteiger partial charge in [0, 0.05) is 12.2 Å². The van der Waals surface area contributed by atoms with Crippen molar-refractivity contribution in [3.63, 3.8) is 0 Å². The van der Waals surface area contributed by atoms with Gasteiger partial charge in [0.15, 0.2) is 0 Å².